The van der Waals surface area contributed by atoms with Gasteiger partial charge in [0, 0.05) is 31.5 Å². The fourth-order valence-corrected chi connectivity index (χ4v) is 4.56. The number of amides is 3. The summed E-state index contributed by atoms with van der Waals surface area (Å²) in [6.45, 7) is 6.17. The predicted molar refractivity (Wildman–Crippen MR) is 137 cm³/mol. The van der Waals surface area contributed by atoms with Crippen LogP contribution in [0.25, 0.3) is 0 Å². The highest BCUT2D eigenvalue weighted by molar-refractivity contribution is 7.74. The molecule has 3 rings (SSSR count). The Kier molecular flexibility index (Phi) is 8.16. The number of imide groups is 1. The maximum absolute atomic E-state index is 12.5. The Labute approximate surface area is 207 Å². The molecule has 1 heterocycles. The van der Waals surface area contributed by atoms with E-state index in [1.54, 1.807) is 51.1 Å². The first-order chi connectivity index (χ1) is 16.4. The SMILES string of the molecule is CN(CCCCN1C(=O)c2ccccc2C1=O)c1cc(N)cc(C/[SH](=O)=N/C(=O)OC(C)(C)C)c1. The van der Waals surface area contributed by atoms with E-state index in [4.69, 9.17) is 10.5 Å². The molecular weight excluding hydrogens is 468 g/mol. The van der Waals surface area contributed by atoms with E-state index in [2.05, 4.69) is 4.36 Å². The maximum Gasteiger partial charge on any atom is 0.442 e. The molecule has 9 nitrogen and oxygen atoms in total. The lowest BCUT2D eigenvalue weighted by molar-refractivity contribution is 0.0604. The molecule has 0 bridgehead atoms. The minimum atomic E-state index is -2.18. The van der Waals surface area contributed by atoms with Crippen molar-refractivity contribution in [1.82, 2.24) is 4.90 Å². The average Bonchev–Trinajstić information content (AvgIpc) is 2.99. The number of fused-ring (bicyclic) bond motifs is 1. The Balaban J connectivity index is 1.54. The third-order valence-corrected chi connectivity index (χ3v) is 6.37. The van der Waals surface area contributed by atoms with E-state index in [1.165, 1.54) is 4.90 Å². The van der Waals surface area contributed by atoms with Crippen molar-refractivity contribution < 1.29 is 23.3 Å². The fraction of sp³-hybridized carbons (Fsp3) is 0.400. The van der Waals surface area contributed by atoms with Crippen LogP contribution in [0, 0.1) is 0 Å². The number of nitrogens with zero attached hydrogens (tertiary/aromatic N) is 3. The zero-order valence-corrected chi connectivity index (χ0v) is 21.4. The summed E-state index contributed by atoms with van der Waals surface area (Å²) in [5.41, 5.74) is 8.30. The third kappa shape index (κ3) is 7.05. The number of unbranched alkanes of at least 4 members (excludes halogenated alkanes) is 1. The molecule has 0 radical (unpaired) electrons. The van der Waals surface area contributed by atoms with Crippen molar-refractivity contribution in [2.75, 3.05) is 30.8 Å². The monoisotopic (exact) mass is 500 g/mol. The van der Waals surface area contributed by atoms with Gasteiger partial charge in [0.15, 0.2) is 0 Å². The lowest BCUT2D eigenvalue weighted by atomic mass is 10.1. The lowest BCUT2D eigenvalue weighted by Gasteiger charge is -2.21. The molecule has 0 fully saturated rings. The van der Waals surface area contributed by atoms with Crippen molar-refractivity contribution in [3.63, 3.8) is 0 Å². The molecule has 0 aromatic heterocycles. The van der Waals surface area contributed by atoms with Crippen LogP contribution in [-0.4, -0.2) is 52.8 Å². The number of hydrogen-bond acceptors (Lipinski definition) is 7. The van der Waals surface area contributed by atoms with E-state index in [-0.39, 0.29) is 17.6 Å². The molecule has 1 atom stereocenters. The zero-order valence-electron chi connectivity index (χ0n) is 20.5. The largest absolute Gasteiger partial charge is 0.442 e. The van der Waals surface area contributed by atoms with Gasteiger partial charge < -0.3 is 15.4 Å². The van der Waals surface area contributed by atoms with E-state index >= 15 is 0 Å². The molecule has 2 aromatic carbocycles. The highest BCUT2D eigenvalue weighted by Crippen LogP contribution is 2.24. The fourth-order valence-electron chi connectivity index (χ4n) is 3.77. The molecule has 188 valence electrons. The summed E-state index contributed by atoms with van der Waals surface area (Å²) >= 11 is 0. The van der Waals surface area contributed by atoms with Crippen molar-refractivity contribution >= 4 is 39.9 Å². The summed E-state index contributed by atoms with van der Waals surface area (Å²) in [6.07, 6.45) is 0.556. The standard InChI is InChI=1S/C25H32N4O5S/c1-25(2,3)34-24(32)27-35(33)16-17-13-18(26)15-19(14-17)28(4)11-7-8-12-29-22(30)20-9-5-6-10-21(20)23(29)31/h5-6,9-10,13-15,35H,7-8,11-12,16,26H2,1-4H3. The van der Waals surface area contributed by atoms with Crippen LogP contribution in [-0.2, 0) is 21.1 Å². The molecule has 35 heavy (non-hydrogen) atoms. The second-order valence-corrected chi connectivity index (χ2v) is 10.7. The maximum atomic E-state index is 12.5. The molecule has 2 N–H and O–H groups in total. The normalized spacial score (nSPS) is 14.2. The highest BCUT2D eigenvalue weighted by Gasteiger charge is 2.34. The Morgan fingerprint density at radius 3 is 2.31 bits per heavy atom. The van der Waals surface area contributed by atoms with Gasteiger partial charge in [-0.05, 0) is 69.5 Å². The summed E-state index contributed by atoms with van der Waals surface area (Å²) in [5.74, 6) is -0.420. The topological polar surface area (TPSA) is 122 Å². The van der Waals surface area contributed by atoms with Gasteiger partial charge in [-0.1, -0.05) is 12.1 Å². The molecule has 0 aliphatic carbocycles. The number of benzene rings is 2. The smallest absolute Gasteiger partial charge is 0.442 e. The van der Waals surface area contributed by atoms with Gasteiger partial charge in [-0.15, -0.1) is 4.36 Å². The zero-order chi connectivity index (χ0) is 25.8. The number of nitrogens with two attached hydrogens (primary N) is 1. The van der Waals surface area contributed by atoms with Gasteiger partial charge in [0.25, 0.3) is 11.8 Å². The van der Waals surface area contributed by atoms with Gasteiger partial charge >= 0.3 is 6.09 Å². The molecule has 3 amide bonds. The molecule has 1 aliphatic rings. The van der Waals surface area contributed by atoms with Gasteiger partial charge in [-0.25, -0.2) is 4.79 Å². The number of carbonyl (C=O) groups is 3. The molecule has 1 unspecified atom stereocenters. The van der Waals surface area contributed by atoms with Crippen LogP contribution in [0.1, 0.15) is 59.9 Å². The minimum absolute atomic E-state index is 0.0696. The quantitative estimate of drug-likeness (QED) is 0.244. The summed E-state index contributed by atoms with van der Waals surface area (Å²) in [4.78, 5) is 40.0. The Morgan fingerprint density at radius 2 is 1.71 bits per heavy atom. The number of thiol groups is 1. The van der Waals surface area contributed by atoms with Crippen molar-refractivity contribution in [2.24, 2.45) is 4.36 Å². The van der Waals surface area contributed by atoms with Crippen LogP contribution in [0.2, 0.25) is 0 Å². The van der Waals surface area contributed by atoms with Crippen LogP contribution in [0.5, 0.6) is 0 Å². The number of rotatable bonds is 8. The Bertz CT molecular complexity index is 1180. The van der Waals surface area contributed by atoms with E-state index in [0.29, 0.717) is 41.9 Å². The molecular formula is C25H32N4O5S. The second kappa shape index (κ2) is 10.9. The van der Waals surface area contributed by atoms with E-state index < -0.39 is 22.3 Å². The van der Waals surface area contributed by atoms with Crippen molar-refractivity contribution in [3.8, 4) is 0 Å². The number of nitrogen functional groups attached to an aromatic ring is 1. The predicted octanol–water partition coefficient (Wildman–Crippen LogP) is 3.88. The van der Waals surface area contributed by atoms with Crippen LogP contribution in [0.15, 0.2) is 46.8 Å². The number of hydrogen-bond donors (Lipinski definition) is 2. The van der Waals surface area contributed by atoms with E-state index in [1.807, 2.05) is 24.1 Å². The Morgan fingerprint density at radius 1 is 1.09 bits per heavy atom. The highest BCUT2D eigenvalue weighted by atomic mass is 32.2. The molecule has 2 aromatic rings. The lowest BCUT2D eigenvalue weighted by Crippen LogP contribution is -2.31. The van der Waals surface area contributed by atoms with Crippen LogP contribution in [0.4, 0.5) is 16.2 Å². The average molecular weight is 501 g/mol. The number of ether oxygens (including phenoxy) is 1. The summed E-state index contributed by atoms with van der Waals surface area (Å²) in [6, 6.07) is 12.2. The van der Waals surface area contributed by atoms with Gasteiger partial charge in [0.1, 0.15) is 5.60 Å². The molecule has 0 spiro atoms. The van der Waals surface area contributed by atoms with Crippen LogP contribution >= 0.6 is 0 Å². The molecule has 1 aliphatic heterocycles. The molecule has 10 heteroatoms. The first-order valence-corrected chi connectivity index (χ1v) is 12.8. The summed E-state index contributed by atoms with van der Waals surface area (Å²) in [7, 11) is -0.275. The van der Waals surface area contributed by atoms with Crippen LogP contribution < -0.4 is 10.6 Å². The second-order valence-electron chi connectivity index (χ2n) is 9.46. The van der Waals surface area contributed by atoms with Crippen LogP contribution in [0.3, 0.4) is 0 Å². The van der Waals surface area contributed by atoms with Gasteiger partial charge in [0.05, 0.1) is 27.5 Å². The van der Waals surface area contributed by atoms with Gasteiger partial charge in [-0.2, -0.15) is 0 Å². The van der Waals surface area contributed by atoms with Gasteiger partial charge in [-0.3, -0.25) is 18.7 Å². The van der Waals surface area contributed by atoms with Crippen molar-refractivity contribution in [2.45, 2.75) is 45.0 Å². The number of anilines is 2. The first-order valence-electron chi connectivity index (χ1n) is 11.4. The summed E-state index contributed by atoms with van der Waals surface area (Å²) in [5, 5.41) is 0. The molecule has 0 saturated heterocycles. The van der Waals surface area contributed by atoms with Gasteiger partial charge in [0.2, 0.25) is 0 Å². The number of carbonyl (C=O) groups excluding carboxylic acids is 3. The van der Waals surface area contributed by atoms with Crippen molar-refractivity contribution in [1.29, 1.82) is 0 Å². The third-order valence-electron chi connectivity index (χ3n) is 5.35. The minimum Gasteiger partial charge on any atom is -0.442 e. The van der Waals surface area contributed by atoms with E-state index in [0.717, 1.165) is 12.1 Å². The molecule has 0 saturated carbocycles. The Hall–Kier alpha value is -3.40. The first kappa shape index (κ1) is 26.2. The summed E-state index contributed by atoms with van der Waals surface area (Å²) < 4.78 is 21.0. The van der Waals surface area contributed by atoms with E-state index in [9.17, 15) is 18.6 Å². The van der Waals surface area contributed by atoms with Crippen molar-refractivity contribution in [3.05, 3.63) is 59.2 Å².